The molecule has 0 spiro atoms. The lowest BCUT2D eigenvalue weighted by atomic mass is 9.89. The van der Waals surface area contributed by atoms with E-state index in [1.54, 1.807) is 0 Å². The largest absolute Gasteiger partial charge is 0.494 e. The molecule has 1 heterocycles. The van der Waals surface area contributed by atoms with Gasteiger partial charge in [-0.2, -0.15) is 0 Å². The number of ether oxygens (including phenoxy) is 1. The van der Waals surface area contributed by atoms with Crippen LogP contribution in [0.1, 0.15) is 76.8 Å². The molecule has 0 aromatic heterocycles. The normalized spacial score (nSPS) is 17.3. The first-order chi connectivity index (χ1) is 15.6. The lowest BCUT2D eigenvalue weighted by Gasteiger charge is -2.20. The molecule has 8 heteroatoms. The summed E-state index contributed by atoms with van der Waals surface area (Å²) in [6.07, 6.45) is 3.87. The summed E-state index contributed by atoms with van der Waals surface area (Å²) in [6, 6.07) is 5.84. The molecule has 8 nitrogen and oxygen atoms in total. The highest BCUT2D eigenvalue weighted by Gasteiger charge is 2.32. The quantitative estimate of drug-likeness (QED) is 0.416. The molecule has 0 unspecified atom stereocenters. The molecule has 1 saturated heterocycles. The lowest BCUT2D eigenvalue weighted by molar-refractivity contribution is -0.197. The first kappa shape index (κ1) is 24.6. The Balaban J connectivity index is 1.48. The predicted molar refractivity (Wildman–Crippen MR) is 122 cm³/mol. The average Bonchev–Trinajstić information content (AvgIpc) is 3.06. The molecular weight excluding hydrogens is 424 g/mol. The van der Waals surface area contributed by atoms with E-state index >= 15 is 0 Å². The van der Waals surface area contributed by atoms with Crippen molar-refractivity contribution in [1.82, 2.24) is 5.06 Å². The number of carbonyl (C=O) groups excluding carboxylic acids is 4. The zero-order valence-electron chi connectivity index (χ0n) is 19.6. The monoisotopic (exact) mass is 456 g/mol. The Hall–Kier alpha value is -3.03. The van der Waals surface area contributed by atoms with Gasteiger partial charge in [-0.05, 0) is 60.4 Å². The van der Waals surface area contributed by atoms with Crippen molar-refractivity contribution in [3.8, 4) is 5.75 Å². The smallest absolute Gasteiger partial charge is 0.333 e. The molecule has 178 valence electrons. The van der Waals surface area contributed by atoms with E-state index in [1.165, 1.54) is 0 Å². The molecule has 1 aromatic rings. The van der Waals surface area contributed by atoms with Crippen molar-refractivity contribution in [2.75, 3.05) is 13.2 Å². The number of benzene rings is 1. The SMILES string of the molecule is CC(C)(C)CC(=O)CN=C1CCCc2cc(OCCCC(=O)ON3C(=O)CCC3=O)ccc21. The van der Waals surface area contributed by atoms with E-state index in [1.807, 2.05) is 39.0 Å². The Kier molecular flexibility index (Phi) is 8.00. The third-order valence-corrected chi connectivity index (χ3v) is 5.41. The first-order valence-corrected chi connectivity index (χ1v) is 11.5. The van der Waals surface area contributed by atoms with E-state index in [2.05, 4.69) is 4.99 Å². The van der Waals surface area contributed by atoms with Gasteiger partial charge in [0.25, 0.3) is 11.8 Å². The Morgan fingerprint density at radius 1 is 1.06 bits per heavy atom. The number of imide groups is 1. The fourth-order valence-electron chi connectivity index (χ4n) is 3.94. The first-order valence-electron chi connectivity index (χ1n) is 11.5. The molecule has 33 heavy (non-hydrogen) atoms. The van der Waals surface area contributed by atoms with Crippen molar-refractivity contribution in [2.45, 2.75) is 72.1 Å². The zero-order valence-corrected chi connectivity index (χ0v) is 19.6. The molecule has 1 aliphatic heterocycles. The van der Waals surface area contributed by atoms with Gasteiger partial charge >= 0.3 is 5.97 Å². The number of rotatable bonds is 9. The van der Waals surface area contributed by atoms with Crippen molar-refractivity contribution in [2.24, 2.45) is 10.4 Å². The zero-order chi connectivity index (χ0) is 24.0. The van der Waals surface area contributed by atoms with E-state index in [9.17, 15) is 19.2 Å². The van der Waals surface area contributed by atoms with Crippen LogP contribution < -0.4 is 4.74 Å². The highest BCUT2D eigenvalue weighted by molar-refractivity contribution is 6.04. The van der Waals surface area contributed by atoms with Gasteiger partial charge in [0, 0.05) is 25.0 Å². The topological polar surface area (TPSA) is 102 Å². The summed E-state index contributed by atoms with van der Waals surface area (Å²) in [6.45, 7) is 6.67. The molecule has 1 fully saturated rings. The van der Waals surface area contributed by atoms with Gasteiger partial charge in [-0.1, -0.05) is 20.8 Å². The molecule has 3 rings (SSSR count). The number of fused-ring (bicyclic) bond motifs is 1. The van der Waals surface area contributed by atoms with Crippen LogP contribution in [0, 0.1) is 5.41 Å². The van der Waals surface area contributed by atoms with Gasteiger partial charge in [-0.15, -0.1) is 5.06 Å². The van der Waals surface area contributed by atoms with Crippen LogP contribution in [-0.4, -0.2) is 47.5 Å². The minimum absolute atomic E-state index is 0.0340. The fourth-order valence-corrected chi connectivity index (χ4v) is 3.94. The van der Waals surface area contributed by atoms with Crippen LogP contribution in [0.3, 0.4) is 0 Å². The standard InChI is InChI=1S/C25H32N2O6/c1-25(2,3)15-18(28)16-26-21-7-4-6-17-14-19(9-10-20(17)21)32-13-5-8-24(31)33-27-22(29)11-12-23(27)30/h9-10,14H,4-8,11-13,15-16H2,1-3H3. The molecule has 2 aliphatic rings. The Labute approximate surface area is 194 Å². The fraction of sp³-hybridized carbons (Fsp3) is 0.560. The van der Waals surface area contributed by atoms with E-state index < -0.39 is 17.8 Å². The number of Topliss-reactive ketones (excluding diaryl/α,β-unsaturated/α-hetero) is 1. The van der Waals surface area contributed by atoms with Gasteiger partial charge in [-0.3, -0.25) is 19.4 Å². The molecule has 1 aromatic carbocycles. The summed E-state index contributed by atoms with van der Waals surface area (Å²) in [5.74, 6) is -0.745. The van der Waals surface area contributed by atoms with Gasteiger partial charge < -0.3 is 9.57 Å². The van der Waals surface area contributed by atoms with Crippen LogP contribution in [-0.2, 0) is 30.4 Å². The van der Waals surface area contributed by atoms with Crippen molar-refractivity contribution >= 4 is 29.3 Å². The van der Waals surface area contributed by atoms with E-state index in [0.717, 1.165) is 36.1 Å². The number of hydroxylamine groups is 2. The van der Waals surface area contributed by atoms with E-state index in [4.69, 9.17) is 9.57 Å². The number of amides is 2. The van der Waals surface area contributed by atoms with Gasteiger partial charge in [0.15, 0.2) is 5.78 Å². The van der Waals surface area contributed by atoms with Gasteiger partial charge in [0.1, 0.15) is 5.75 Å². The molecule has 2 amide bonds. The van der Waals surface area contributed by atoms with Crippen molar-refractivity contribution in [3.63, 3.8) is 0 Å². The second kappa shape index (κ2) is 10.7. The van der Waals surface area contributed by atoms with Crippen molar-refractivity contribution < 1.29 is 28.8 Å². The highest BCUT2D eigenvalue weighted by Crippen LogP contribution is 2.27. The maximum absolute atomic E-state index is 12.2. The Morgan fingerprint density at radius 2 is 1.79 bits per heavy atom. The lowest BCUT2D eigenvalue weighted by Crippen LogP contribution is -2.32. The minimum atomic E-state index is -0.630. The molecular formula is C25H32N2O6. The Morgan fingerprint density at radius 3 is 2.48 bits per heavy atom. The number of aliphatic imine (C=N–C) groups is 1. The summed E-state index contributed by atoms with van der Waals surface area (Å²) < 4.78 is 5.77. The van der Waals surface area contributed by atoms with Crippen LogP contribution in [0.15, 0.2) is 23.2 Å². The molecule has 0 radical (unpaired) electrons. The number of hydrogen-bond acceptors (Lipinski definition) is 7. The van der Waals surface area contributed by atoms with Gasteiger partial charge in [-0.25, -0.2) is 4.79 Å². The summed E-state index contributed by atoms with van der Waals surface area (Å²) in [5, 5.41) is 0.558. The summed E-state index contributed by atoms with van der Waals surface area (Å²) in [7, 11) is 0. The number of aryl methyl sites for hydroxylation is 1. The maximum Gasteiger partial charge on any atom is 0.333 e. The number of hydrogen-bond donors (Lipinski definition) is 0. The molecule has 0 N–H and O–H groups in total. The third-order valence-electron chi connectivity index (χ3n) is 5.41. The third kappa shape index (κ3) is 7.23. The summed E-state index contributed by atoms with van der Waals surface area (Å²) in [4.78, 5) is 56.5. The van der Waals surface area contributed by atoms with Crippen LogP contribution in [0.4, 0.5) is 0 Å². The van der Waals surface area contributed by atoms with Crippen LogP contribution in [0.25, 0.3) is 0 Å². The van der Waals surface area contributed by atoms with Crippen LogP contribution >= 0.6 is 0 Å². The van der Waals surface area contributed by atoms with Crippen molar-refractivity contribution in [3.05, 3.63) is 29.3 Å². The van der Waals surface area contributed by atoms with E-state index in [0.29, 0.717) is 30.3 Å². The maximum atomic E-state index is 12.2. The Bertz CT molecular complexity index is 944. The van der Waals surface area contributed by atoms with Crippen LogP contribution in [0.5, 0.6) is 5.75 Å². The molecule has 0 bridgehead atoms. The van der Waals surface area contributed by atoms with Crippen molar-refractivity contribution in [1.29, 1.82) is 0 Å². The average molecular weight is 457 g/mol. The van der Waals surface area contributed by atoms with Gasteiger partial charge in [0.05, 0.1) is 19.6 Å². The summed E-state index contributed by atoms with van der Waals surface area (Å²) >= 11 is 0. The van der Waals surface area contributed by atoms with E-state index in [-0.39, 0.29) is 37.0 Å². The number of nitrogens with zero attached hydrogens (tertiary/aromatic N) is 2. The van der Waals surface area contributed by atoms with Crippen LogP contribution in [0.2, 0.25) is 0 Å². The highest BCUT2D eigenvalue weighted by atomic mass is 16.7. The minimum Gasteiger partial charge on any atom is -0.494 e. The second-order valence-electron chi connectivity index (χ2n) is 9.71. The molecule has 1 aliphatic carbocycles. The second-order valence-corrected chi connectivity index (χ2v) is 9.71. The molecule has 0 atom stereocenters. The van der Waals surface area contributed by atoms with Gasteiger partial charge in [0.2, 0.25) is 0 Å². The molecule has 0 saturated carbocycles. The predicted octanol–water partition coefficient (Wildman–Crippen LogP) is 3.58. The number of ketones is 1. The summed E-state index contributed by atoms with van der Waals surface area (Å²) in [5.41, 5.74) is 3.15. The number of carbonyl (C=O) groups is 4.